The van der Waals surface area contributed by atoms with E-state index in [4.69, 9.17) is 5.84 Å². The van der Waals surface area contributed by atoms with Gasteiger partial charge in [0, 0.05) is 6.92 Å². The summed E-state index contributed by atoms with van der Waals surface area (Å²) in [6.07, 6.45) is 4.37. The Kier molecular flexibility index (Phi) is 3.46. The third kappa shape index (κ3) is 2.23. The summed E-state index contributed by atoms with van der Waals surface area (Å²) in [6, 6.07) is 0. The highest BCUT2D eigenvalue weighted by molar-refractivity contribution is 5.90. The summed E-state index contributed by atoms with van der Waals surface area (Å²) in [4.78, 5) is 22.6. The van der Waals surface area contributed by atoms with Gasteiger partial charge in [-0.1, -0.05) is 19.3 Å². The Morgan fingerprint density at radius 3 is 2.21 bits per heavy atom. The number of carbonyl (C=O) groups is 2. The lowest BCUT2D eigenvalue weighted by atomic mass is 9.81. The van der Waals surface area contributed by atoms with Crippen molar-refractivity contribution in [2.45, 2.75) is 44.6 Å². The fourth-order valence-corrected chi connectivity index (χ4v) is 2.04. The van der Waals surface area contributed by atoms with Crippen LogP contribution in [0.2, 0.25) is 0 Å². The molecule has 2 amide bonds. The minimum atomic E-state index is -0.765. The molecule has 5 heteroatoms. The van der Waals surface area contributed by atoms with Crippen LogP contribution in [-0.4, -0.2) is 17.4 Å². The van der Waals surface area contributed by atoms with E-state index in [-0.39, 0.29) is 11.8 Å². The Labute approximate surface area is 83.4 Å². The molecule has 0 saturated heterocycles. The Bertz CT molecular complexity index is 234. The van der Waals surface area contributed by atoms with E-state index in [9.17, 15) is 9.59 Å². The first-order valence-corrected chi connectivity index (χ1v) is 4.90. The van der Waals surface area contributed by atoms with E-state index in [1.807, 2.05) is 0 Å². The average molecular weight is 199 g/mol. The van der Waals surface area contributed by atoms with Crippen LogP contribution in [-0.2, 0) is 9.59 Å². The van der Waals surface area contributed by atoms with Crippen LogP contribution in [0.25, 0.3) is 0 Å². The molecule has 14 heavy (non-hydrogen) atoms. The zero-order chi connectivity index (χ0) is 10.6. The lowest BCUT2D eigenvalue weighted by molar-refractivity contribution is -0.134. The average Bonchev–Trinajstić information content (AvgIpc) is 2.17. The number of hydrazine groups is 1. The number of hydrogen-bond donors (Lipinski definition) is 3. The predicted octanol–water partition coefficient (Wildman–Crippen LogP) is -0.185. The maximum absolute atomic E-state index is 11.6. The maximum Gasteiger partial charge on any atom is 0.259 e. The molecule has 1 rings (SSSR count). The van der Waals surface area contributed by atoms with E-state index >= 15 is 0 Å². The molecule has 5 nitrogen and oxygen atoms in total. The number of carbonyl (C=O) groups excluding carboxylic acids is 2. The Morgan fingerprint density at radius 1 is 1.21 bits per heavy atom. The zero-order valence-electron chi connectivity index (χ0n) is 8.43. The monoisotopic (exact) mass is 199 g/mol. The van der Waals surface area contributed by atoms with Gasteiger partial charge in [-0.2, -0.15) is 0 Å². The molecule has 0 aromatic carbocycles. The van der Waals surface area contributed by atoms with Crippen LogP contribution in [0.3, 0.4) is 0 Å². The van der Waals surface area contributed by atoms with Gasteiger partial charge >= 0.3 is 0 Å². The van der Waals surface area contributed by atoms with Crippen molar-refractivity contribution in [1.82, 2.24) is 10.7 Å². The van der Waals surface area contributed by atoms with Crippen molar-refractivity contribution < 1.29 is 9.59 Å². The minimum Gasteiger partial charge on any atom is -0.342 e. The van der Waals surface area contributed by atoms with Gasteiger partial charge in [-0.3, -0.25) is 15.0 Å². The summed E-state index contributed by atoms with van der Waals surface area (Å²) >= 11 is 0. The van der Waals surface area contributed by atoms with Crippen LogP contribution >= 0.6 is 0 Å². The van der Waals surface area contributed by atoms with Gasteiger partial charge in [0.15, 0.2) is 0 Å². The highest BCUT2D eigenvalue weighted by Crippen LogP contribution is 2.28. The summed E-state index contributed by atoms with van der Waals surface area (Å²) in [5, 5.41) is 2.71. The van der Waals surface area contributed by atoms with Gasteiger partial charge in [0.2, 0.25) is 5.91 Å². The number of nitrogens with two attached hydrogens (primary N) is 1. The van der Waals surface area contributed by atoms with E-state index in [0.717, 1.165) is 19.3 Å². The topological polar surface area (TPSA) is 84.2 Å². The highest BCUT2D eigenvalue weighted by Gasteiger charge is 2.39. The van der Waals surface area contributed by atoms with Crippen molar-refractivity contribution in [3.05, 3.63) is 0 Å². The van der Waals surface area contributed by atoms with Crippen LogP contribution in [0.4, 0.5) is 0 Å². The van der Waals surface area contributed by atoms with Gasteiger partial charge in [0.25, 0.3) is 5.91 Å². The van der Waals surface area contributed by atoms with Gasteiger partial charge in [-0.15, -0.1) is 0 Å². The largest absolute Gasteiger partial charge is 0.342 e. The molecule has 0 aromatic rings. The third-order valence-corrected chi connectivity index (χ3v) is 2.69. The minimum absolute atomic E-state index is 0.185. The Hall–Kier alpha value is -1.10. The summed E-state index contributed by atoms with van der Waals surface area (Å²) in [5.41, 5.74) is 1.36. The van der Waals surface area contributed by atoms with Crippen LogP contribution < -0.4 is 16.6 Å². The van der Waals surface area contributed by atoms with Crippen LogP contribution in [0.15, 0.2) is 0 Å². The molecule has 0 radical (unpaired) electrons. The standard InChI is InChI=1S/C9H17N3O2/c1-7(13)11-9(8(14)12-10)5-3-2-4-6-9/h2-6,10H2,1H3,(H,11,13)(H,12,14). The second-order valence-electron chi connectivity index (χ2n) is 3.80. The first-order chi connectivity index (χ1) is 6.60. The smallest absolute Gasteiger partial charge is 0.259 e. The lowest BCUT2D eigenvalue weighted by Gasteiger charge is -2.35. The van der Waals surface area contributed by atoms with E-state index in [1.54, 1.807) is 0 Å². The number of rotatable bonds is 2. The number of nitrogens with one attached hydrogen (secondary N) is 2. The molecule has 1 aliphatic carbocycles. The first-order valence-electron chi connectivity index (χ1n) is 4.90. The number of hydrogen-bond acceptors (Lipinski definition) is 3. The quantitative estimate of drug-likeness (QED) is 0.327. The van der Waals surface area contributed by atoms with E-state index in [2.05, 4.69) is 10.7 Å². The fraction of sp³-hybridized carbons (Fsp3) is 0.778. The molecular formula is C9H17N3O2. The molecule has 0 aromatic heterocycles. The molecule has 1 aliphatic rings. The van der Waals surface area contributed by atoms with E-state index in [1.165, 1.54) is 6.92 Å². The molecule has 0 spiro atoms. The molecule has 0 aliphatic heterocycles. The van der Waals surface area contributed by atoms with E-state index < -0.39 is 5.54 Å². The van der Waals surface area contributed by atoms with Crippen molar-refractivity contribution >= 4 is 11.8 Å². The van der Waals surface area contributed by atoms with Gasteiger partial charge in [0.05, 0.1) is 0 Å². The molecule has 0 atom stereocenters. The van der Waals surface area contributed by atoms with Crippen LogP contribution in [0, 0.1) is 0 Å². The zero-order valence-corrected chi connectivity index (χ0v) is 8.43. The van der Waals surface area contributed by atoms with Gasteiger partial charge in [-0.05, 0) is 12.8 Å². The second kappa shape index (κ2) is 4.41. The van der Waals surface area contributed by atoms with Gasteiger partial charge < -0.3 is 5.32 Å². The van der Waals surface area contributed by atoms with Crippen molar-refractivity contribution in [2.75, 3.05) is 0 Å². The summed E-state index contributed by atoms with van der Waals surface area (Å²) in [6.45, 7) is 1.42. The molecule has 1 saturated carbocycles. The SMILES string of the molecule is CC(=O)NC1(C(=O)NN)CCCCC1. The summed E-state index contributed by atoms with van der Waals surface area (Å²) in [5.74, 6) is 4.64. The van der Waals surface area contributed by atoms with Crippen molar-refractivity contribution in [3.63, 3.8) is 0 Å². The van der Waals surface area contributed by atoms with Crippen LogP contribution in [0.1, 0.15) is 39.0 Å². The Morgan fingerprint density at radius 2 is 1.79 bits per heavy atom. The normalized spacial score (nSPS) is 19.9. The van der Waals surface area contributed by atoms with Crippen LogP contribution in [0.5, 0.6) is 0 Å². The molecule has 1 fully saturated rings. The molecule has 80 valence electrons. The van der Waals surface area contributed by atoms with Gasteiger partial charge in [0.1, 0.15) is 5.54 Å². The van der Waals surface area contributed by atoms with Gasteiger partial charge in [-0.25, -0.2) is 5.84 Å². The summed E-state index contributed by atoms with van der Waals surface area (Å²) < 4.78 is 0. The predicted molar refractivity (Wildman–Crippen MR) is 52.0 cm³/mol. The molecular weight excluding hydrogens is 182 g/mol. The molecule has 0 heterocycles. The van der Waals surface area contributed by atoms with Crippen molar-refractivity contribution in [1.29, 1.82) is 0 Å². The van der Waals surface area contributed by atoms with Crippen molar-refractivity contribution in [2.24, 2.45) is 5.84 Å². The lowest BCUT2D eigenvalue weighted by Crippen LogP contribution is -2.60. The van der Waals surface area contributed by atoms with E-state index in [0.29, 0.717) is 12.8 Å². The first kappa shape index (κ1) is 11.0. The maximum atomic E-state index is 11.6. The third-order valence-electron chi connectivity index (χ3n) is 2.69. The van der Waals surface area contributed by atoms with Crippen molar-refractivity contribution in [3.8, 4) is 0 Å². The molecule has 0 bridgehead atoms. The molecule has 4 N–H and O–H groups in total. The fourth-order valence-electron chi connectivity index (χ4n) is 2.04. The highest BCUT2D eigenvalue weighted by atomic mass is 16.2. The number of amides is 2. The molecule has 0 unspecified atom stereocenters. The second-order valence-corrected chi connectivity index (χ2v) is 3.80. The Balaban J connectivity index is 2.76. The summed E-state index contributed by atoms with van der Waals surface area (Å²) in [7, 11) is 0.